The van der Waals surface area contributed by atoms with Gasteiger partial charge in [-0.1, -0.05) is 35.6 Å². The van der Waals surface area contributed by atoms with Crippen LogP contribution in [0.3, 0.4) is 0 Å². The van der Waals surface area contributed by atoms with Crippen LogP contribution in [0.25, 0.3) is 6.08 Å². The molecule has 0 saturated heterocycles. The van der Waals surface area contributed by atoms with E-state index in [0.29, 0.717) is 15.1 Å². The molecule has 5 rings (SSSR count). The molecule has 0 spiro atoms. The Balaban J connectivity index is 1.83. The molecular weight excluding hydrogens is 396 g/mol. The molecule has 0 amide bonds. The Bertz CT molecular complexity index is 1260. The molecule has 3 atom stereocenters. The van der Waals surface area contributed by atoms with E-state index < -0.39 is 23.7 Å². The molecule has 142 valence electrons. The summed E-state index contributed by atoms with van der Waals surface area (Å²) in [6.07, 6.45) is 1.87. The number of benzene rings is 1. The maximum atomic E-state index is 13.3. The third-order valence-corrected chi connectivity index (χ3v) is 6.95. The number of hydrogen-bond donors (Lipinski definition) is 0. The Morgan fingerprint density at radius 1 is 1.32 bits per heavy atom. The normalized spacial score (nSPS) is 25.3. The second kappa shape index (κ2) is 6.15. The minimum atomic E-state index is -1.14. The van der Waals surface area contributed by atoms with Crippen LogP contribution < -0.4 is 19.6 Å². The molecule has 0 fully saturated rings. The lowest BCUT2D eigenvalue weighted by Crippen LogP contribution is -2.58. The topological polar surface area (TPSA) is 69.9 Å². The van der Waals surface area contributed by atoms with E-state index in [9.17, 15) is 9.59 Å². The number of methoxy groups -OCH3 is 1. The molecule has 0 aliphatic carbocycles. The van der Waals surface area contributed by atoms with Crippen molar-refractivity contribution in [1.29, 1.82) is 0 Å². The van der Waals surface area contributed by atoms with E-state index in [1.54, 1.807) is 22.8 Å². The number of thiazole rings is 1. The van der Waals surface area contributed by atoms with Crippen molar-refractivity contribution in [2.24, 2.45) is 10.9 Å². The molecule has 2 aliphatic rings. The highest BCUT2D eigenvalue weighted by atomic mass is 32.1. The molecule has 28 heavy (non-hydrogen) atoms. The molecule has 8 heteroatoms. The van der Waals surface area contributed by atoms with E-state index in [0.717, 1.165) is 10.4 Å². The van der Waals surface area contributed by atoms with Gasteiger partial charge in [0.1, 0.15) is 11.7 Å². The Hall–Kier alpha value is -2.71. The van der Waals surface area contributed by atoms with Crippen LogP contribution in [0.15, 0.2) is 51.6 Å². The molecule has 6 nitrogen and oxygen atoms in total. The van der Waals surface area contributed by atoms with Gasteiger partial charge in [0.05, 0.1) is 17.7 Å². The van der Waals surface area contributed by atoms with Gasteiger partial charge in [-0.3, -0.25) is 14.2 Å². The monoisotopic (exact) mass is 412 g/mol. The average Bonchev–Trinajstić information content (AvgIpc) is 3.28. The molecular formula is C20H16N2O4S2. The van der Waals surface area contributed by atoms with Gasteiger partial charge >= 0.3 is 5.97 Å². The summed E-state index contributed by atoms with van der Waals surface area (Å²) in [7, 11) is 1.34. The molecule has 3 aromatic rings. The molecule has 3 unspecified atom stereocenters. The van der Waals surface area contributed by atoms with Crippen LogP contribution in [0.1, 0.15) is 23.4 Å². The van der Waals surface area contributed by atoms with Crippen LogP contribution in [-0.4, -0.2) is 23.4 Å². The maximum absolute atomic E-state index is 13.3. The van der Waals surface area contributed by atoms with Crippen molar-refractivity contribution in [3.63, 3.8) is 0 Å². The highest BCUT2D eigenvalue weighted by molar-refractivity contribution is 7.11. The number of nitrogens with zero attached hydrogens (tertiary/aromatic N) is 2. The zero-order valence-electron chi connectivity index (χ0n) is 15.1. The second-order valence-corrected chi connectivity index (χ2v) is 8.82. The van der Waals surface area contributed by atoms with Crippen LogP contribution in [-0.2, 0) is 9.53 Å². The van der Waals surface area contributed by atoms with Crippen molar-refractivity contribution >= 4 is 34.7 Å². The molecule has 0 N–H and O–H groups in total. The smallest absolute Gasteiger partial charge is 0.317 e. The zero-order valence-corrected chi connectivity index (χ0v) is 16.8. The average molecular weight is 412 g/mol. The maximum Gasteiger partial charge on any atom is 0.317 e. The van der Waals surface area contributed by atoms with Gasteiger partial charge in [-0.25, -0.2) is 4.99 Å². The molecule has 0 saturated carbocycles. The summed E-state index contributed by atoms with van der Waals surface area (Å²) in [5.41, 5.74) is -0.507. The summed E-state index contributed by atoms with van der Waals surface area (Å²) in [6, 6.07) is 10.8. The number of hydrogen-bond acceptors (Lipinski definition) is 7. The van der Waals surface area contributed by atoms with Crippen molar-refractivity contribution in [2.45, 2.75) is 18.7 Å². The van der Waals surface area contributed by atoms with Crippen LogP contribution >= 0.6 is 22.7 Å². The number of ether oxygens (including phenoxy) is 2. The van der Waals surface area contributed by atoms with E-state index in [1.165, 1.54) is 18.4 Å². The fraction of sp³-hybridized carbons (Fsp3) is 0.250. The van der Waals surface area contributed by atoms with E-state index in [4.69, 9.17) is 14.5 Å². The summed E-state index contributed by atoms with van der Waals surface area (Å²) >= 11 is 2.88. The summed E-state index contributed by atoms with van der Waals surface area (Å²) in [4.78, 5) is 32.2. The standard InChI is InChI=1S/C20H16N2O4S2/c1-20-15(18(24)25-2)16(12-7-3-4-8-13(12)26-20)22-17(23)14(28-19(22)21-20)10-11-6-5-9-27-11/h3-10,15-16H,1-2H3. The summed E-state index contributed by atoms with van der Waals surface area (Å²) < 4.78 is 13.4. The fourth-order valence-electron chi connectivity index (χ4n) is 3.93. The summed E-state index contributed by atoms with van der Waals surface area (Å²) in [5, 5.41) is 1.97. The largest absolute Gasteiger partial charge is 0.469 e. The number of esters is 1. The van der Waals surface area contributed by atoms with Crippen LogP contribution in [0, 0.1) is 5.92 Å². The number of carbonyl (C=O) groups excluding carboxylic acids is 1. The third kappa shape index (κ3) is 2.41. The van der Waals surface area contributed by atoms with Gasteiger partial charge < -0.3 is 9.47 Å². The lowest BCUT2D eigenvalue weighted by atomic mass is 9.81. The highest BCUT2D eigenvalue weighted by Crippen LogP contribution is 2.47. The van der Waals surface area contributed by atoms with Crippen LogP contribution in [0.2, 0.25) is 0 Å². The SMILES string of the molecule is COC(=O)C1C2c3ccccc3OC1(C)N=c1sc(=Cc3cccs3)c(=O)n12. The first-order chi connectivity index (χ1) is 13.5. The lowest BCUT2D eigenvalue weighted by molar-refractivity contribution is -0.158. The van der Waals surface area contributed by atoms with Crippen LogP contribution in [0.5, 0.6) is 5.75 Å². The van der Waals surface area contributed by atoms with E-state index in [-0.39, 0.29) is 5.56 Å². The minimum absolute atomic E-state index is 0.158. The van der Waals surface area contributed by atoms with E-state index in [1.807, 2.05) is 47.9 Å². The van der Waals surface area contributed by atoms with Crippen molar-refractivity contribution in [1.82, 2.24) is 4.57 Å². The highest BCUT2D eigenvalue weighted by Gasteiger charge is 2.55. The predicted octanol–water partition coefficient (Wildman–Crippen LogP) is 1.92. The zero-order chi connectivity index (χ0) is 19.5. The van der Waals surface area contributed by atoms with Crippen LogP contribution in [0.4, 0.5) is 0 Å². The Labute approximate surface area is 168 Å². The molecule has 2 aliphatic heterocycles. The first-order valence-corrected chi connectivity index (χ1v) is 10.4. The second-order valence-electron chi connectivity index (χ2n) is 6.84. The molecule has 2 bridgehead atoms. The van der Waals surface area contributed by atoms with E-state index in [2.05, 4.69) is 0 Å². The number of rotatable bonds is 2. The number of carbonyl (C=O) groups is 1. The van der Waals surface area contributed by atoms with Gasteiger partial charge in [0.25, 0.3) is 5.56 Å². The lowest BCUT2D eigenvalue weighted by Gasteiger charge is -2.44. The first kappa shape index (κ1) is 17.4. The number of para-hydroxylation sites is 1. The molecule has 2 aromatic heterocycles. The Morgan fingerprint density at radius 3 is 2.89 bits per heavy atom. The van der Waals surface area contributed by atoms with Gasteiger partial charge in [0, 0.05) is 10.4 Å². The van der Waals surface area contributed by atoms with Crippen molar-refractivity contribution in [2.75, 3.05) is 7.11 Å². The Kier molecular flexibility index (Phi) is 3.82. The van der Waals surface area contributed by atoms with Crippen molar-refractivity contribution in [3.05, 3.63) is 71.9 Å². The van der Waals surface area contributed by atoms with Gasteiger partial charge in [-0.15, -0.1) is 11.3 Å². The number of thiophene rings is 1. The molecule has 4 heterocycles. The van der Waals surface area contributed by atoms with Gasteiger partial charge in [0.15, 0.2) is 4.80 Å². The fourth-order valence-corrected chi connectivity index (χ4v) is 5.76. The first-order valence-electron chi connectivity index (χ1n) is 8.74. The van der Waals surface area contributed by atoms with Gasteiger partial charge in [-0.05, 0) is 30.5 Å². The Morgan fingerprint density at radius 2 is 2.14 bits per heavy atom. The third-order valence-electron chi connectivity index (χ3n) is 5.15. The summed E-state index contributed by atoms with van der Waals surface area (Å²) in [6.45, 7) is 1.77. The predicted molar refractivity (Wildman–Crippen MR) is 106 cm³/mol. The molecule has 1 aromatic carbocycles. The summed E-state index contributed by atoms with van der Waals surface area (Å²) in [5.74, 6) is -0.563. The number of aromatic nitrogens is 1. The molecule has 0 radical (unpaired) electrons. The van der Waals surface area contributed by atoms with Crippen molar-refractivity contribution in [3.8, 4) is 5.75 Å². The van der Waals surface area contributed by atoms with Gasteiger partial charge in [0.2, 0.25) is 5.72 Å². The number of fused-ring (bicyclic) bond motifs is 6. The quantitative estimate of drug-likeness (QED) is 0.603. The van der Waals surface area contributed by atoms with E-state index >= 15 is 0 Å². The minimum Gasteiger partial charge on any atom is -0.469 e. The van der Waals surface area contributed by atoms with Crippen molar-refractivity contribution < 1.29 is 14.3 Å². The van der Waals surface area contributed by atoms with Gasteiger partial charge in [-0.2, -0.15) is 0 Å².